The Bertz CT molecular complexity index is 353. The fourth-order valence-electron chi connectivity index (χ4n) is 3.17. The van der Waals surface area contributed by atoms with Crippen molar-refractivity contribution >= 4 is 6.09 Å². The van der Waals surface area contributed by atoms with Gasteiger partial charge in [-0.2, -0.15) is 0 Å². The van der Waals surface area contributed by atoms with Crippen LogP contribution >= 0.6 is 0 Å². The van der Waals surface area contributed by atoms with E-state index < -0.39 is 5.60 Å². The molecule has 0 aromatic heterocycles. The fraction of sp³-hybridized carbons (Fsp3) is 0.944. The van der Waals surface area contributed by atoms with E-state index in [0.717, 1.165) is 44.3 Å². The summed E-state index contributed by atoms with van der Waals surface area (Å²) in [7, 11) is 0. The van der Waals surface area contributed by atoms with Gasteiger partial charge in [-0.05, 0) is 64.8 Å². The average molecular weight is 310 g/mol. The molecule has 2 aliphatic carbocycles. The molecule has 1 amide bonds. The Morgan fingerprint density at radius 1 is 1.14 bits per heavy atom. The zero-order valence-corrected chi connectivity index (χ0v) is 14.9. The van der Waals surface area contributed by atoms with Crippen LogP contribution in [0, 0.1) is 11.8 Å². The van der Waals surface area contributed by atoms with Gasteiger partial charge in [0.1, 0.15) is 5.60 Å². The molecule has 0 aromatic rings. The Balaban J connectivity index is 1.66. The lowest BCUT2D eigenvalue weighted by Crippen LogP contribution is -2.42. The molecular formula is C18H34N2O2. The third-order valence-corrected chi connectivity index (χ3v) is 4.71. The average Bonchev–Trinajstić information content (AvgIpc) is 3.23. The molecule has 0 aromatic carbocycles. The Morgan fingerprint density at radius 2 is 1.77 bits per heavy atom. The van der Waals surface area contributed by atoms with Gasteiger partial charge in [0.05, 0.1) is 0 Å². The molecule has 0 spiro atoms. The maximum atomic E-state index is 12.2. The van der Waals surface area contributed by atoms with Crippen LogP contribution in [0.2, 0.25) is 0 Å². The van der Waals surface area contributed by atoms with Gasteiger partial charge in [0, 0.05) is 19.1 Å². The summed E-state index contributed by atoms with van der Waals surface area (Å²) >= 11 is 0. The molecule has 22 heavy (non-hydrogen) atoms. The molecule has 2 aliphatic rings. The highest BCUT2D eigenvalue weighted by atomic mass is 16.6. The summed E-state index contributed by atoms with van der Waals surface area (Å²) in [6.07, 6.45) is 7.55. The minimum absolute atomic E-state index is 0.150. The summed E-state index contributed by atoms with van der Waals surface area (Å²) in [5.74, 6) is 1.74. The molecule has 0 unspecified atom stereocenters. The molecule has 4 heteroatoms. The van der Waals surface area contributed by atoms with Crippen LogP contribution < -0.4 is 5.32 Å². The molecule has 0 saturated heterocycles. The Morgan fingerprint density at radius 3 is 2.32 bits per heavy atom. The zero-order chi connectivity index (χ0) is 16.2. The number of nitrogens with one attached hydrogen (secondary N) is 1. The van der Waals surface area contributed by atoms with Gasteiger partial charge in [0.2, 0.25) is 0 Å². The molecule has 0 radical (unpaired) electrons. The van der Waals surface area contributed by atoms with Crippen LogP contribution in [-0.4, -0.2) is 42.3 Å². The van der Waals surface area contributed by atoms with Crippen LogP contribution in [-0.2, 0) is 4.74 Å². The summed E-state index contributed by atoms with van der Waals surface area (Å²) in [5, 5.41) is 3.55. The third kappa shape index (κ3) is 6.15. The van der Waals surface area contributed by atoms with Crippen molar-refractivity contribution in [3.05, 3.63) is 0 Å². The molecule has 0 heterocycles. The van der Waals surface area contributed by atoms with E-state index in [1.54, 1.807) is 0 Å². The summed E-state index contributed by atoms with van der Waals surface area (Å²) in [6.45, 7) is 10.9. The van der Waals surface area contributed by atoms with Gasteiger partial charge in [-0.25, -0.2) is 4.79 Å². The highest BCUT2D eigenvalue weighted by molar-refractivity contribution is 5.69. The lowest BCUT2D eigenvalue weighted by Gasteiger charge is -2.29. The van der Waals surface area contributed by atoms with Crippen molar-refractivity contribution in [2.24, 2.45) is 11.8 Å². The first-order valence-corrected chi connectivity index (χ1v) is 9.05. The van der Waals surface area contributed by atoms with Crippen LogP contribution in [0.4, 0.5) is 4.79 Å². The lowest BCUT2D eigenvalue weighted by atomic mass is 9.83. The standard InChI is InChI=1S/C18H34N2O2/c1-14-5-7-15(8-6-14)13-19-11-12-20(16-9-10-16)17(21)22-18(2,3)4/h14-16,19H,5-13H2,1-4H3. The van der Waals surface area contributed by atoms with E-state index in [-0.39, 0.29) is 6.09 Å². The van der Waals surface area contributed by atoms with Crippen molar-refractivity contribution in [3.63, 3.8) is 0 Å². The SMILES string of the molecule is CC1CCC(CNCCN(C(=O)OC(C)(C)C)C2CC2)CC1. The summed E-state index contributed by atoms with van der Waals surface area (Å²) in [4.78, 5) is 14.2. The first-order valence-electron chi connectivity index (χ1n) is 9.05. The van der Waals surface area contributed by atoms with E-state index in [1.165, 1.54) is 25.7 Å². The molecule has 2 saturated carbocycles. The van der Waals surface area contributed by atoms with E-state index in [2.05, 4.69) is 12.2 Å². The van der Waals surface area contributed by atoms with Crippen molar-refractivity contribution in [2.75, 3.05) is 19.6 Å². The van der Waals surface area contributed by atoms with Crippen molar-refractivity contribution in [1.82, 2.24) is 10.2 Å². The first-order chi connectivity index (χ1) is 10.3. The molecule has 2 fully saturated rings. The highest BCUT2D eigenvalue weighted by Gasteiger charge is 2.34. The van der Waals surface area contributed by atoms with Crippen LogP contribution in [0.25, 0.3) is 0 Å². The molecule has 0 aliphatic heterocycles. The monoisotopic (exact) mass is 310 g/mol. The summed E-state index contributed by atoms with van der Waals surface area (Å²) in [5.41, 5.74) is -0.406. The van der Waals surface area contributed by atoms with Gasteiger partial charge in [0.25, 0.3) is 0 Å². The van der Waals surface area contributed by atoms with Gasteiger partial charge in [-0.15, -0.1) is 0 Å². The normalized spacial score (nSPS) is 25.8. The zero-order valence-electron chi connectivity index (χ0n) is 14.9. The Kier molecular flexibility index (Phi) is 6.13. The number of rotatable bonds is 6. The van der Waals surface area contributed by atoms with E-state index in [1.807, 2.05) is 25.7 Å². The van der Waals surface area contributed by atoms with E-state index >= 15 is 0 Å². The summed E-state index contributed by atoms with van der Waals surface area (Å²) in [6, 6.07) is 0.409. The smallest absolute Gasteiger partial charge is 0.410 e. The maximum absolute atomic E-state index is 12.2. The van der Waals surface area contributed by atoms with E-state index in [9.17, 15) is 4.79 Å². The Labute approximate surface area is 136 Å². The van der Waals surface area contributed by atoms with Gasteiger partial charge in [-0.1, -0.05) is 19.8 Å². The predicted molar refractivity (Wildman–Crippen MR) is 90.0 cm³/mol. The second-order valence-electron chi connectivity index (χ2n) is 8.23. The second-order valence-corrected chi connectivity index (χ2v) is 8.23. The number of hydrogen-bond donors (Lipinski definition) is 1. The predicted octanol–water partition coefficient (Wildman–Crippen LogP) is 3.80. The number of amides is 1. The van der Waals surface area contributed by atoms with Crippen molar-refractivity contribution in [1.29, 1.82) is 0 Å². The van der Waals surface area contributed by atoms with Gasteiger partial charge < -0.3 is 15.0 Å². The molecule has 1 N–H and O–H groups in total. The van der Waals surface area contributed by atoms with Gasteiger partial charge >= 0.3 is 6.09 Å². The fourth-order valence-corrected chi connectivity index (χ4v) is 3.17. The van der Waals surface area contributed by atoms with Gasteiger partial charge in [-0.3, -0.25) is 0 Å². The van der Waals surface area contributed by atoms with Crippen LogP contribution in [0.15, 0.2) is 0 Å². The number of ether oxygens (including phenoxy) is 1. The third-order valence-electron chi connectivity index (χ3n) is 4.71. The quantitative estimate of drug-likeness (QED) is 0.759. The Hall–Kier alpha value is -0.770. The maximum Gasteiger partial charge on any atom is 0.410 e. The molecular weight excluding hydrogens is 276 g/mol. The van der Waals surface area contributed by atoms with Crippen LogP contribution in [0.5, 0.6) is 0 Å². The van der Waals surface area contributed by atoms with Gasteiger partial charge in [0.15, 0.2) is 0 Å². The number of nitrogens with zero attached hydrogens (tertiary/aromatic N) is 1. The van der Waals surface area contributed by atoms with Crippen molar-refractivity contribution in [3.8, 4) is 0 Å². The minimum Gasteiger partial charge on any atom is -0.444 e. The number of carbonyl (C=O) groups excluding carboxylic acids is 1. The molecule has 2 rings (SSSR count). The van der Waals surface area contributed by atoms with Crippen LogP contribution in [0.1, 0.15) is 66.2 Å². The topological polar surface area (TPSA) is 41.6 Å². The first kappa shape index (κ1) is 17.6. The van der Waals surface area contributed by atoms with Crippen molar-refractivity contribution in [2.45, 2.75) is 77.9 Å². The highest BCUT2D eigenvalue weighted by Crippen LogP contribution is 2.29. The van der Waals surface area contributed by atoms with Crippen molar-refractivity contribution < 1.29 is 9.53 Å². The molecule has 0 bridgehead atoms. The largest absolute Gasteiger partial charge is 0.444 e. The second kappa shape index (κ2) is 7.67. The lowest BCUT2D eigenvalue weighted by molar-refractivity contribution is 0.0235. The van der Waals surface area contributed by atoms with E-state index in [0.29, 0.717) is 6.04 Å². The van der Waals surface area contributed by atoms with Crippen LogP contribution in [0.3, 0.4) is 0 Å². The van der Waals surface area contributed by atoms with E-state index in [4.69, 9.17) is 4.74 Å². The molecule has 0 atom stereocenters. The summed E-state index contributed by atoms with van der Waals surface area (Å²) < 4.78 is 5.52. The number of carbonyl (C=O) groups is 1. The number of hydrogen-bond acceptors (Lipinski definition) is 3. The molecule has 128 valence electrons. The minimum atomic E-state index is -0.406. The molecule has 4 nitrogen and oxygen atoms in total.